The maximum atomic E-state index is 12.0. The van der Waals surface area contributed by atoms with Crippen LogP contribution < -0.4 is 5.73 Å². The number of rotatable bonds is 7. The van der Waals surface area contributed by atoms with E-state index in [4.69, 9.17) is 10.5 Å². The van der Waals surface area contributed by atoms with Gasteiger partial charge in [-0.2, -0.15) is 0 Å². The van der Waals surface area contributed by atoms with E-state index in [0.29, 0.717) is 13.2 Å². The van der Waals surface area contributed by atoms with E-state index in [1.807, 2.05) is 6.07 Å². The molecular weight excluding hydrogens is 294 g/mol. The van der Waals surface area contributed by atoms with Gasteiger partial charge in [-0.05, 0) is 25.5 Å². The Balaban J connectivity index is 0.00000400. The van der Waals surface area contributed by atoms with Gasteiger partial charge in [0.15, 0.2) is 0 Å². The minimum Gasteiger partial charge on any atom is -0.466 e. The van der Waals surface area contributed by atoms with Gasteiger partial charge in [0, 0.05) is 25.5 Å². The molecule has 0 saturated heterocycles. The summed E-state index contributed by atoms with van der Waals surface area (Å²) < 4.78 is 4.86. The van der Waals surface area contributed by atoms with Crippen molar-refractivity contribution in [3.05, 3.63) is 30.1 Å². The van der Waals surface area contributed by atoms with E-state index in [1.165, 1.54) is 0 Å². The average molecular weight is 316 g/mol. The number of ether oxygens (including phenoxy) is 1. The van der Waals surface area contributed by atoms with Crippen molar-refractivity contribution in [3.63, 3.8) is 0 Å². The van der Waals surface area contributed by atoms with Crippen LogP contribution >= 0.6 is 12.4 Å². The van der Waals surface area contributed by atoms with Crippen molar-refractivity contribution in [1.82, 2.24) is 9.88 Å². The largest absolute Gasteiger partial charge is 0.466 e. The first-order valence-electron chi connectivity index (χ1n) is 6.63. The molecule has 1 heterocycles. The molecule has 1 atom stereocenters. The second-order valence-electron chi connectivity index (χ2n) is 4.46. The van der Waals surface area contributed by atoms with Crippen molar-refractivity contribution in [3.8, 4) is 0 Å². The van der Waals surface area contributed by atoms with Crippen molar-refractivity contribution in [2.75, 3.05) is 13.2 Å². The quantitative estimate of drug-likeness (QED) is 0.762. The Bertz CT molecular complexity index is 440. The van der Waals surface area contributed by atoms with Gasteiger partial charge in [-0.15, -0.1) is 12.4 Å². The molecule has 0 aromatic carbocycles. The average Bonchev–Trinajstić information content (AvgIpc) is 2.44. The smallest absolute Gasteiger partial charge is 0.307 e. The van der Waals surface area contributed by atoms with Gasteiger partial charge >= 0.3 is 5.97 Å². The molecule has 1 aromatic rings. The Kier molecular flexibility index (Phi) is 9.32. The van der Waals surface area contributed by atoms with Gasteiger partial charge in [-0.1, -0.05) is 6.07 Å². The lowest BCUT2D eigenvalue weighted by molar-refractivity contribution is -0.144. The molecule has 1 rings (SSSR count). The summed E-state index contributed by atoms with van der Waals surface area (Å²) in [4.78, 5) is 29.0. The SMILES string of the molecule is CCOC(=O)CCN(Cc1cccnc1)C(=O)C(C)N.Cl. The second kappa shape index (κ2) is 10.1. The third-order valence-corrected chi connectivity index (χ3v) is 2.69. The minimum absolute atomic E-state index is 0. The van der Waals surface area contributed by atoms with Gasteiger partial charge in [0.2, 0.25) is 5.91 Å². The Labute approximate surface area is 131 Å². The first-order chi connectivity index (χ1) is 9.54. The Hall–Kier alpha value is -1.66. The molecule has 1 aromatic heterocycles. The molecule has 1 unspecified atom stereocenters. The van der Waals surface area contributed by atoms with E-state index >= 15 is 0 Å². The van der Waals surface area contributed by atoms with Crippen molar-refractivity contribution in [2.45, 2.75) is 32.9 Å². The maximum absolute atomic E-state index is 12.0. The zero-order valence-electron chi connectivity index (χ0n) is 12.3. The van der Waals surface area contributed by atoms with Crippen LogP contribution in [0.15, 0.2) is 24.5 Å². The molecule has 0 aliphatic heterocycles. The predicted molar refractivity (Wildman–Crippen MR) is 81.8 cm³/mol. The van der Waals surface area contributed by atoms with E-state index in [2.05, 4.69) is 4.98 Å². The van der Waals surface area contributed by atoms with Gasteiger partial charge in [-0.25, -0.2) is 0 Å². The van der Waals surface area contributed by atoms with Gasteiger partial charge in [0.25, 0.3) is 0 Å². The minimum atomic E-state index is -0.603. The summed E-state index contributed by atoms with van der Waals surface area (Å²) in [6.07, 6.45) is 3.51. The zero-order valence-corrected chi connectivity index (χ0v) is 13.1. The van der Waals surface area contributed by atoms with Crippen LogP contribution in [-0.4, -0.2) is 41.0 Å². The zero-order chi connectivity index (χ0) is 15.0. The first-order valence-corrected chi connectivity index (χ1v) is 6.63. The third-order valence-electron chi connectivity index (χ3n) is 2.69. The van der Waals surface area contributed by atoms with Crippen LogP contribution in [0.3, 0.4) is 0 Å². The highest BCUT2D eigenvalue weighted by molar-refractivity contribution is 5.85. The monoisotopic (exact) mass is 315 g/mol. The summed E-state index contributed by atoms with van der Waals surface area (Å²) in [5, 5.41) is 0. The maximum Gasteiger partial charge on any atom is 0.307 e. The lowest BCUT2D eigenvalue weighted by Gasteiger charge is -2.24. The molecule has 118 valence electrons. The molecule has 0 aliphatic carbocycles. The van der Waals surface area contributed by atoms with Crippen molar-refractivity contribution < 1.29 is 14.3 Å². The molecule has 6 nitrogen and oxygen atoms in total. The van der Waals surface area contributed by atoms with Gasteiger partial charge in [-0.3, -0.25) is 14.6 Å². The number of esters is 1. The van der Waals surface area contributed by atoms with Gasteiger partial charge in [0.05, 0.1) is 19.1 Å². The summed E-state index contributed by atoms with van der Waals surface area (Å²) >= 11 is 0. The fourth-order valence-corrected chi connectivity index (χ4v) is 1.73. The molecule has 0 aliphatic rings. The number of carbonyl (C=O) groups is 2. The van der Waals surface area contributed by atoms with Crippen LogP contribution in [-0.2, 0) is 20.9 Å². The van der Waals surface area contributed by atoms with Gasteiger partial charge in [0.1, 0.15) is 0 Å². The van der Waals surface area contributed by atoms with Crippen molar-refractivity contribution in [2.24, 2.45) is 5.73 Å². The molecular formula is C14H22ClN3O3. The molecule has 1 amide bonds. The first kappa shape index (κ1) is 19.3. The van der Waals surface area contributed by atoms with Crippen LogP contribution in [0.2, 0.25) is 0 Å². The third kappa shape index (κ3) is 7.06. The number of hydrogen-bond donors (Lipinski definition) is 1. The standard InChI is InChI=1S/C14H21N3O3.ClH/c1-3-20-13(18)6-8-17(14(19)11(2)15)10-12-5-4-7-16-9-12;/h4-5,7,9,11H,3,6,8,10,15H2,1-2H3;1H. The predicted octanol–water partition coefficient (Wildman–Crippen LogP) is 1.13. The van der Waals surface area contributed by atoms with Crippen molar-refractivity contribution in [1.29, 1.82) is 0 Å². The number of halogens is 1. The molecule has 0 fully saturated rings. The fraction of sp³-hybridized carbons (Fsp3) is 0.500. The number of amides is 1. The van der Waals surface area contributed by atoms with Crippen LogP contribution in [0.5, 0.6) is 0 Å². The molecule has 0 spiro atoms. The Morgan fingerprint density at radius 2 is 2.19 bits per heavy atom. The molecule has 7 heteroatoms. The number of carbonyl (C=O) groups excluding carboxylic acids is 2. The van der Waals surface area contributed by atoms with E-state index in [-0.39, 0.29) is 37.2 Å². The molecule has 21 heavy (non-hydrogen) atoms. The summed E-state index contributed by atoms with van der Waals surface area (Å²) in [5.41, 5.74) is 6.53. The molecule has 0 radical (unpaired) electrons. The molecule has 0 saturated carbocycles. The number of hydrogen-bond acceptors (Lipinski definition) is 5. The summed E-state index contributed by atoms with van der Waals surface area (Å²) in [7, 11) is 0. The topological polar surface area (TPSA) is 85.5 Å². The number of pyridine rings is 1. The fourth-order valence-electron chi connectivity index (χ4n) is 1.73. The van der Waals surface area contributed by atoms with Gasteiger partial charge < -0.3 is 15.4 Å². The highest BCUT2D eigenvalue weighted by atomic mass is 35.5. The highest BCUT2D eigenvalue weighted by Gasteiger charge is 2.19. The van der Waals surface area contributed by atoms with Crippen LogP contribution in [0.4, 0.5) is 0 Å². The number of nitrogens with two attached hydrogens (primary N) is 1. The van der Waals surface area contributed by atoms with Crippen LogP contribution in [0, 0.1) is 0 Å². The Morgan fingerprint density at radius 3 is 2.71 bits per heavy atom. The van der Waals surface area contributed by atoms with E-state index in [9.17, 15) is 9.59 Å². The number of aromatic nitrogens is 1. The lowest BCUT2D eigenvalue weighted by Crippen LogP contribution is -2.42. The number of nitrogens with zero attached hydrogens (tertiary/aromatic N) is 2. The Morgan fingerprint density at radius 1 is 1.48 bits per heavy atom. The highest BCUT2D eigenvalue weighted by Crippen LogP contribution is 2.06. The molecule has 2 N–H and O–H groups in total. The van der Waals surface area contributed by atoms with Crippen molar-refractivity contribution >= 4 is 24.3 Å². The molecule has 0 bridgehead atoms. The second-order valence-corrected chi connectivity index (χ2v) is 4.46. The van der Waals surface area contributed by atoms with Crippen LogP contribution in [0.1, 0.15) is 25.8 Å². The normalized spacial score (nSPS) is 11.2. The lowest BCUT2D eigenvalue weighted by atomic mass is 10.2. The van der Waals surface area contributed by atoms with E-state index in [0.717, 1.165) is 5.56 Å². The van der Waals surface area contributed by atoms with E-state index < -0.39 is 6.04 Å². The summed E-state index contributed by atoms with van der Waals surface area (Å²) in [5.74, 6) is -0.515. The van der Waals surface area contributed by atoms with Crippen LogP contribution in [0.25, 0.3) is 0 Å². The van der Waals surface area contributed by atoms with E-state index in [1.54, 1.807) is 37.2 Å². The summed E-state index contributed by atoms with van der Waals surface area (Å²) in [6.45, 7) is 4.38. The summed E-state index contributed by atoms with van der Waals surface area (Å²) in [6, 6.07) is 3.07.